The van der Waals surface area contributed by atoms with Gasteiger partial charge in [-0.1, -0.05) is 18.2 Å². The summed E-state index contributed by atoms with van der Waals surface area (Å²) in [6, 6.07) is 9.73. The first-order valence-corrected chi connectivity index (χ1v) is 6.24. The van der Waals surface area contributed by atoms with E-state index in [9.17, 15) is 0 Å². The molecule has 0 aromatic heterocycles. The Bertz CT molecular complexity index is 353. The van der Waals surface area contributed by atoms with Crippen LogP contribution in [0.2, 0.25) is 0 Å². The molecule has 0 aliphatic heterocycles. The fourth-order valence-corrected chi connectivity index (χ4v) is 1.55. The summed E-state index contributed by atoms with van der Waals surface area (Å²) in [4.78, 5) is 6.52. The Hall–Kier alpha value is -1.59. The number of nitrogens with one attached hydrogen (secondary N) is 1. The molecular formula is C13H22N4O. The number of ether oxygens (including phenoxy) is 1. The second-order valence-corrected chi connectivity index (χ2v) is 3.69. The van der Waals surface area contributed by atoms with E-state index < -0.39 is 0 Å². The Balaban J connectivity index is 2.70. The first-order chi connectivity index (χ1) is 8.81. The minimum absolute atomic E-state index is 0.656. The number of rotatable bonds is 6. The third-order valence-corrected chi connectivity index (χ3v) is 2.51. The van der Waals surface area contributed by atoms with Crippen molar-refractivity contribution in [2.75, 3.05) is 26.3 Å². The zero-order valence-corrected chi connectivity index (χ0v) is 11.1. The van der Waals surface area contributed by atoms with Gasteiger partial charge in [0.1, 0.15) is 0 Å². The van der Waals surface area contributed by atoms with Crippen molar-refractivity contribution in [2.45, 2.75) is 13.8 Å². The van der Waals surface area contributed by atoms with Crippen molar-refractivity contribution in [3.05, 3.63) is 30.3 Å². The summed E-state index contributed by atoms with van der Waals surface area (Å²) < 4.78 is 5.35. The molecule has 0 aliphatic rings. The lowest BCUT2D eigenvalue weighted by molar-refractivity contribution is 0.132. The number of guanidine groups is 1. The van der Waals surface area contributed by atoms with Crippen LogP contribution in [0.15, 0.2) is 35.3 Å². The highest BCUT2D eigenvalue weighted by Gasteiger charge is 2.07. The van der Waals surface area contributed by atoms with Crippen molar-refractivity contribution in [3.8, 4) is 0 Å². The summed E-state index contributed by atoms with van der Waals surface area (Å²) in [7, 11) is 0. The summed E-state index contributed by atoms with van der Waals surface area (Å²) in [6.45, 7) is 7.02. The lowest BCUT2D eigenvalue weighted by Crippen LogP contribution is -2.45. The Morgan fingerprint density at radius 1 is 1.33 bits per heavy atom. The minimum atomic E-state index is 0.656. The zero-order chi connectivity index (χ0) is 13.2. The van der Waals surface area contributed by atoms with Gasteiger partial charge in [-0.15, -0.1) is 0 Å². The molecule has 0 atom stereocenters. The molecule has 5 nitrogen and oxygen atoms in total. The monoisotopic (exact) mass is 250 g/mol. The third-order valence-electron chi connectivity index (χ3n) is 2.51. The van der Waals surface area contributed by atoms with Gasteiger partial charge in [0.2, 0.25) is 5.96 Å². The van der Waals surface area contributed by atoms with E-state index in [1.807, 2.05) is 42.2 Å². The maximum atomic E-state index is 5.54. The SMILES string of the molecule is CCOCCN(CC)C(=Nc1ccccc1)NN. The van der Waals surface area contributed by atoms with Gasteiger partial charge in [-0.3, -0.25) is 5.43 Å². The molecule has 0 heterocycles. The molecule has 1 aromatic carbocycles. The van der Waals surface area contributed by atoms with Crippen LogP contribution in [0.1, 0.15) is 13.8 Å². The molecule has 0 fully saturated rings. The summed E-state index contributed by atoms with van der Waals surface area (Å²) in [5.41, 5.74) is 3.52. The molecule has 0 saturated heterocycles. The molecular weight excluding hydrogens is 228 g/mol. The Kier molecular flexibility index (Phi) is 6.83. The van der Waals surface area contributed by atoms with Crippen LogP contribution in [0.4, 0.5) is 5.69 Å². The van der Waals surface area contributed by atoms with Crippen LogP contribution in [0.5, 0.6) is 0 Å². The smallest absolute Gasteiger partial charge is 0.213 e. The van der Waals surface area contributed by atoms with Gasteiger partial charge in [0.05, 0.1) is 12.3 Å². The standard InChI is InChI=1S/C13H22N4O/c1-3-17(10-11-18-4-2)13(16-14)15-12-8-6-5-7-9-12/h5-9H,3-4,10-11,14H2,1-2H3,(H,15,16). The zero-order valence-electron chi connectivity index (χ0n) is 11.1. The Morgan fingerprint density at radius 2 is 2.06 bits per heavy atom. The van der Waals surface area contributed by atoms with Crippen molar-refractivity contribution in [1.82, 2.24) is 10.3 Å². The number of nitrogens with zero attached hydrogens (tertiary/aromatic N) is 2. The van der Waals surface area contributed by atoms with Crippen LogP contribution in [-0.4, -0.2) is 37.2 Å². The summed E-state index contributed by atoms with van der Waals surface area (Å²) in [6.07, 6.45) is 0. The first kappa shape index (κ1) is 14.5. The van der Waals surface area contributed by atoms with Crippen LogP contribution in [-0.2, 0) is 4.74 Å². The molecule has 18 heavy (non-hydrogen) atoms. The van der Waals surface area contributed by atoms with Crippen LogP contribution >= 0.6 is 0 Å². The Morgan fingerprint density at radius 3 is 2.61 bits per heavy atom. The molecule has 0 unspecified atom stereocenters. The lowest BCUT2D eigenvalue weighted by Gasteiger charge is -2.23. The van der Waals surface area contributed by atoms with Gasteiger partial charge in [-0.25, -0.2) is 10.8 Å². The van der Waals surface area contributed by atoms with Gasteiger partial charge in [0.15, 0.2) is 0 Å². The number of aliphatic imine (C=N–C) groups is 1. The van der Waals surface area contributed by atoms with Crippen LogP contribution in [0.25, 0.3) is 0 Å². The number of likely N-dealkylation sites (N-methyl/N-ethyl adjacent to an activating group) is 1. The van der Waals surface area contributed by atoms with Gasteiger partial charge >= 0.3 is 0 Å². The molecule has 1 rings (SSSR count). The van der Waals surface area contributed by atoms with Gasteiger partial charge in [-0.2, -0.15) is 0 Å². The summed E-state index contributed by atoms with van der Waals surface area (Å²) in [5.74, 6) is 6.19. The first-order valence-electron chi connectivity index (χ1n) is 6.24. The van der Waals surface area contributed by atoms with Crippen molar-refractivity contribution in [3.63, 3.8) is 0 Å². The number of nitrogens with two attached hydrogens (primary N) is 1. The topological polar surface area (TPSA) is 62.9 Å². The summed E-state index contributed by atoms with van der Waals surface area (Å²) >= 11 is 0. The van der Waals surface area contributed by atoms with Gasteiger partial charge in [0.25, 0.3) is 0 Å². The van der Waals surface area contributed by atoms with E-state index in [-0.39, 0.29) is 0 Å². The summed E-state index contributed by atoms with van der Waals surface area (Å²) in [5, 5.41) is 0. The molecule has 0 radical (unpaired) electrons. The molecule has 0 bridgehead atoms. The number of hydrazine groups is 1. The predicted octanol–water partition coefficient (Wildman–Crippen LogP) is 1.50. The van der Waals surface area contributed by atoms with Gasteiger partial charge in [-0.05, 0) is 26.0 Å². The van der Waals surface area contributed by atoms with Crippen LogP contribution in [0, 0.1) is 0 Å². The fourth-order valence-electron chi connectivity index (χ4n) is 1.55. The van der Waals surface area contributed by atoms with E-state index in [0.717, 1.165) is 25.4 Å². The average Bonchev–Trinajstić information content (AvgIpc) is 2.43. The van der Waals surface area contributed by atoms with Gasteiger partial charge in [0, 0.05) is 19.7 Å². The maximum absolute atomic E-state index is 5.54. The number of hydrogen-bond donors (Lipinski definition) is 2. The number of benzene rings is 1. The normalized spacial score (nSPS) is 11.4. The largest absolute Gasteiger partial charge is 0.380 e. The molecule has 0 saturated carbocycles. The predicted molar refractivity (Wildman–Crippen MR) is 74.6 cm³/mol. The molecule has 1 aromatic rings. The van der Waals surface area contributed by atoms with E-state index in [1.165, 1.54) is 0 Å². The highest BCUT2D eigenvalue weighted by atomic mass is 16.5. The van der Waals surface area contributed by atoms with E-state index in [4.69, 9.17) is 10.6 Å². The van der Waals surface area contributed by atoms with Crippen molar-refractivity contribution >= 4 is 11.6 Å². The third kappa shape index (κ3) is 4.73. The average molecular weight is 250 g/mol. The number of para-hydroxylation sites is 1. The van der Waals surface area contributed by atoms with Crippen LogP contribution in [0.3, 0.4) is 0 Å². The van der Waals surface area contributed by atoms with E-state index >= 15 is 0 Å². The van der Waals surface area contributed by atoms with Crippen molar-refractivity contribution in [1.29, 1.82) is 0 Å². The quantitative estimate of drug-likeness (QED) is 0.264. The number of hydrogen-bond acceptors (Lipinski definition) is 3. The molecule has 0 amide bonds. The molecule has 3 N–H and O–H groups in total. The second kappa shape index (κ2) is 8.49. The molecule has 100 valence electrons. The molecule has 0 spiro atoms. The van der Waals surface area contributed by atoms with E-state index in [0.29, 0.717) is 12.6 Å². The Labute approximate surface area is 109 Å². The van der Waals surface area contributed by atoms with Crippen molar-refractivity contribution < 1.29 is 4.74 Å². The van der Waals surface area contributed by atoms with E-state index in [1.54, 1.807) is 0 Å². The lowest BCUT2D eigenvalue weighted by atomic mass is 10.3. The highest BCUT2D eigenvalue weighted by molar-refractivity contribution is 5.82. The second-order valence-electron chi connectivity index (χ2n) is 3.69. The van der Waals surface area contributed by atoms with Gasteiger partial charge < -0.3 is 9.64 Å². The highest BCUT2D eigenvalue weighted by Crippen LogP contribution is 2.10. The molecule has 0 aliphatic carbocycles. The molecule has 5 heteroatoms. The van der Waals surface area contributed by atoms with E-state index in [2.05, 4.69) is 17.3 Å². The minimum Gasteiger partial charge on any atom is -0.380 e. The maximum Gasteiger partial charge on any atom is 0.213 e. The van der Waals surface area contributed by atoms with Crippen molar-refractivity contribution in [2.24, 2.45) is 10.8 Å². The van der Waals surface area contributed by atoms with Crippen LogP contribution < -0.4 is 11.3 Å². The fraction of sp³-hybridized carbons (Fsp3) is 0.462.